The number of carboxylic acids is 1. The average molecular weight is 202 g/mol. The van der Waals surface area contributed by atoms with E-state index in [1.54, 1.807) is 12.4 Å². The summed E-state index contributed by atoms with van der Waals surface area (Å²) >= 11 is 1.14. The summed E-state index contributed by atoms with van der Waals surface area (Å²) in [7, 11) is 1.47. The maximum Gasteiger partial charge on any atom is 0.319 e. The third kappa shape index (κ3) is 3.08. The first-order valence-electron chi connectivity index (χ1n) is 3.62. The summed E-state index contributed by atoms with van der Waals surface area (Å²) < 4.78 is 4.77. The Morgan fingerprint density at radius 3 is 3.15 bits per heavy atom. The molecule has 1 aromatic rings. The predicted molar refractivity (Wildman–Crippen MR) is 47.7 cm³/mol. The fourth-order valence-electron chi connectivity index (χ4n) is 0.757. The summed E-state index contributed by atoms with van der Waals surface area (Å²) in [5.74, 6) is -0.900. The molecule has 6 heteroatoms. The second-order valence-corrected chi connectivity index (χ2v) is 3.49. The highest BCUT2D eigenvalue weighted by Gasteiger charge is 2.19. The van der Waals surface area contributed by atoms with Gasteiger partial charge in [0.1, 0.15) is 5.25 Å². The molecule has 0 aliphatic rings. The Hall–Kier alpha value is -1.01. The third-order valence-corrected chi connectivity index (χ3v) is 2.39. The predicted octanol–water partition coefficient (Wildman–Crippen LogP) is 0.601. The van der Waals surface area contributed by atoms with E-state index in [9.17, 15) is 4.79 Å². The van der Waals surface area contributed by atoms with Crippen molar-refractivity contribution < 1.29 is 14.6 Å². The molecule has 0 aromatic carbocycles. The second-order valence-electron chi connectivity index (χ2n) is 2.29. The first-order chi connectivity index (χ1) is 6.24. The lowest BCUT2D eigenvalue weighted by molar-refractivity contribution is -0.137. The number of aromatic amines is 1. The van der Waals surface area contributed by atoms with Gasteiger partial charge in [0.2, 0.25) is 0 Å². The Balaban J connectivity index is 2.52. The number of aliphatic carboxylic acids is 1. The van der Waals surface area contributed by atoms with Gasteiger partial charge in [0.15, 0.2) is 5.16 Å². The number of carboxylic acid groups (broad SMARTS) is 1. The Morgan fingerprint density at radius 1 is 1.92 bits per heavy atom. The van der Waals surface area contributed by atoms with E-state index < -0.39 is 11.2 Å². The van der Waals surface area contributed by atoms with E-state index in [1.165, 1.54) is 7.11 Å². The molecular formula is C7H10N2O3S. The number of H-pyrrole nitrogens is 1. The molecule has 1 heterocycles. The van der Waals surface area contributed by atoms with Crippen LogP contribution in [0.1, 0.15) is 0 Å². The molecule has 1 atom stereocenters. The van der Waals surface area contributed by atoms with Gasteiger partial charge in [0.05, 0.1) is 6.61 Å². The van der Waals surface area contributed by atoms with Crippen molar-refractivity contribution in [2.75, 3.05) is 13.7 Å². The number of nitrogens with zero attached hydrogens (tertiary/aromatic N) is 1. The molecule has 5 nitrogen and oxygen atoms in total. The molecule has 2 N–H and O–H groups in total. The highest BCUT2D eigenvalue weighted by molar-refractivity contribution is 8.00. The molecule has 0 aliphatic carbocycles. The number of thioether (sulfide) groups is 1. The fraction of sp³-hybridized carbons (Fsp3) is 0.429. The van der Waals surface area contributed by atoms with E-state index in [4.69, 9.17) is 9.84 Å². The molecule has 0 amide bonds. The number of aromatic nitrogens is 2. The zero-order chi connectivity index (χ0) is 9.68. The minimum Gasteiger partial charge on any atom is -0.480 e. The topological polar surface area (TPSA) is 75.2 Å². The molecule has 0 fully saturated rings. The van der Waals surface area contributed by atoms with Crippen molar-refractivity contribution in [3.63, 3.8) is 0 Å². The monoisotopic (exact) mass is 202 g/mol. The second kappa shape index (κ2) is 4.88. The molecule has 1 rings (SSSR count). The van der Waals surface area contributed by atoms with Crippen molar-refractivity contribution in [1.29, 1.82) is 0 Å². The Labute approximate surface area is 79.5 Å². The molecule has 1 aromatic heterocycles. The average Bonchev–Trinajstić information content (AvgIpc) is 2.56. The minimum atomic E-state index is -0.900. The van der Waals surface area contributed by atoms with Gasteiger partial charge in [-0.3, -0.25) is 4.79 Å². The lowest BCUT2D eigenvalue weighted by Gasteiger charge is -2.07. The molecule has 0 aliphatic heterocycles. The smallest absolute Gasteiger partial charge is 0.319 e. The van der Waals surface area contributed by atoms with Gasteiger partial charge in [-0.05, 0) is 0 Å². The standard InChI is InChI=1S/C7H10N2O3S/c1-12-4-5(6(10)11)13-7-8-2-3-9-7/h2-3,5H,4H2,1H3,(H,8,9)(H,10,11). The van der Waals surface area contributed by atoms with Crippen LogP contribution in [0.15, 0.2) is 17.6 Å². The molecule has 72 valence electrons. The number of ether oxygens (including phenoxy) is 1. The first kappa shape index (κ1) is 10.1. The molecule has 0 saturated carbocycles. The highest BCUT2D eigenvalue weighted by Crippen LogP contribution is 2.19. The van der Waals surface area contributed by atoms with Crippen LogP contribution in [-0.4, -0.2) is 40.0 Å². The fourth-order valence-corrected chi connectivity index (χ4v) is 1.59. The molecule has 0 bridgehead atoms. The Bertz CT molecular complexity index is 263. The first-order valence-corrected chi connectivity index (χ1v) is 4.49. The summed E-state index contributed by atoms with van der Waals surface area (Å²) in [4.78, 5) is 17.4. The van der Waals surface area contributed by atoms with Gasteiger partial charge in [-0.25, -0.2) is 4.98 Å². The SMILES string of the molecule is COCC(Sc1ncc[nH]1)C(=O)O. The summed E-state index contributed by atoms with van der Waals surface area (Å²) in [6.45, 7) is 0.167. The van der Waals surface area contributed by atoms with E-state index in [-0.39, 0.29) is 6.61 Å². The number of imidazole rings is 1. The summed E-state index contributed by atoms with van der Waals surface area (Å²) in [6, 6.07) is 0. The third-order valence-electron chi connectivity index (χ3n) is 1.32. The van der Waals surface area contributed by atoms with Gasteiger partial charge in [0, 0.05) is 19.5 Å². The van der Waals surface area contributed by atoms with E-state index >= 15 is 0 Å². The number of hydrogen-bond acceptors (Lipinski definition) is 4. The van der Waals surface area contributed by atoms with E-state index in [0.29, 0.717) is 5.16 Å². The summed E-state index contributed by atoms with van der Waals surface area (Å²) in [6.07, 6.45) is 3.22. The van der Waals surface area contributed by atoms with Crippen LogP contribution >= 0.6 is 11.8 Å². The number of carbonyl (C=O) groups is 1. The Morgan fingerprint density at radius 2 is 2.69 bits per heavy atom. The van der Waals surface area contributed by atoms with Crippen LogP contribution in [-0.2, 0) is 9.53 Å². The number of hydrogen-bond donors (Lipinski definition) is 2. The van der Waals surface area contributed by atoms with Gasteiger partial charge in [-0.15, -0.1) is 0 Å². The molecule has 13 heavy (non-hydrogen) atoms. The maximum absolute atomic E-state index is 10.7. The lowest BCUT2D eigenvalue weighted by Crippen LogP contribution is -2.21. The zero-order valence-electron chi connectivity index (χ0n) is 7.06. The van der Waals surface area contributed by atoms with Crippen molar-refractivity contribution in [3.05, 3.63) is 12.4 Å². The maximum atomic E-state index is 10.7. The highest BCUT2D eigenvalue weighted by atomic mass is 32.2. The zero-order valence-corrected chi connectivity index (χ0v) is 7.87. The van der Waals surface area contributed by atoms with Crippen LogP contribution < -0.4 is 0 Å². The molecule has 0 saturated heterocycles. The summed E-state index contributed by atoms with van der Waals surface area (Å²) in [5, 5.41) is 8.73. The van der Waals surface area contributed by atoms with Crippen LogP contribution in [0, 0.1) is 0 Å². The normalized spacial score (nSPS) is 12.7. The Kier molecular flexibility index (Phi) is 3.78. The van der Waals surface area contributed by atoms with Crippen molar-refractivity contribution in [3.8, 4) is 0 Å². The van der Waals surface area contributed by atoms with Crippen molar-refractivity contribution in [1.82, 2.24) is 9.97 Å². The van der Waals surface area contributed by atoms with Crippen molar-refractivity contribution in [2.45, 2.75) is 10.4 Å². The van der Waals surface area contributed by atoms with Crippen molar-refractivity contribution >= 4 is 17.7 Å². The van der Waals surface area contributed by atoms with E-state index in [0.717, 1.165) is 11.8 Å². The van der Waals surface area contributed by atoms with Crippen LogP contribution in [0.2, 0.25) is 0 Å². The molecule has 0 radical (unpaired) electrons. The van der Waals surface area contributed by atoms with Gasteiger partial charge < -0.3 is 14.8 Å². The van der Waals surface area contributed by atoms with Crippen molar-refractivity contribution in [2.24, 2.45) is 0 Å². The quantitative estimate of drug-likeness (QED) is 0.684. The van der Waals surface area contributed by atoms with Crippen LogP contribution in [0.4, 0.5) is 0 Å². The molecule has 0 spiro atoms. The molecule has 1 unspecified atom stereocenters. The van der Waals surface area contributed by atoms with Gasteiger partial charge in [0.25, 0.3) is 0 Å². The molecular weight excluding hydrogens is 192 g/mol. The van der Waals surface area contributed by atoms with Gasteiger partial charge >= 0.3 is 5.97 Å². The van der Waals surface area contributed by atoms with Crippen LogP contribution in [0.3, 0.4) is 0 Å². The van der Waals surface area contributed by atoms with Crippen LogP contribution in [0.5, 0.6) is 0 Å². The number of nitrogens with one attached hydrogen (secondary N) is 1. The van der Waals surface area contributed by atoms with Gasteiger partial charge in [-0.1, -0.05) is 11.8 Å². The number of methoxy groups -OCH3 is 1. The minimum absolute atomic E-state index is 0.167. The summed E-state index contributed by atoms with van der Waals surface area (Å²) in [5.41, 5.74) is 0. The van der Waals surface area contributed by atoms with E-state index in [1.807, 2.05) is 0 Å². The van der Waals surface area contributed by atoms with Crippen LogP contribution in [0.25, 0.3) is 0 Å². The lowest BCUT2D eigenvalue weighted by atomic mass is 10.5. The van der Waals surface area contributed by atoms with Gasteiger partial charge in [-0.2, -0.15) is 0 Å². The largest absolute Gasteiger partial charge is 0.480 e. The van der Waals surface area contributed by atoms with E-state index in [2.05, 4.69) is 9.97 Å². The number of rotatable bonds is 5.